The number of hydrogen-bond acceptors (Lipinski definition) is 5. The number of rotatable bonds is 6. The van der Waals surface area contributed by atoms with Crippen LogP contribution in [0.5, 0.6) is 0 Å². The van der Waals surface area contributed by atoms with Crippen molar-refractivity contribution < 1.29 is 29.0 Å². The number of carbonyl (C=O) groups excluding carboxylic acids is 3. The first-order valence-electron chi connectivity index (χ1n) is 7.94. The third-order valence-corrected chi connectivity index (χ3v) is 4.84. The fraction of sp³-hybridized carbons (Fsp3) is 0.733. The summed E-state index contributed by atoms with van der Waals surface area (Å²) in [5.41, 5.74) is 0. The van der Waals surface area contributed by atoms with Crippen LogP contribution in [0.1, 0.15) is 26.2 Å². The highest BCUT2D eigenvalue weighted by molar-refractivity contribution is 6.08. The van der Waals surface area contributed by atoms with Crippen LogP contribution >= 0.6 is 0 Å². The Morgan fingerprint density at radius 3 is 2.26 bits per heavy atom. The molecule has 3 fully saturated rings. The summed E-state index contributed by atoms with van der Waals surface area (Å²) >= 11 is 0. The van der Waals surface area contributed by atoms with E-state index < -0.39 is 30.3 Å². The van der Waals surface area contributed by atoms with Crippen molar-refractivity contribution in [2.45, 2.75) is 38.4 Å². The molecule has 3 aliphatic rings. The Balaban J connectivity index is 1.70. The average molecular weight is 324 g/mol. The molecule has 0 aromatic rings. The van der Waals surface area contributed by atoms with Gasteiger partial charge in [-0.15, -0.1) is 0 Å². The Bertz CT molecular complexity index is 534. The molecule has 8 nitrogen and oxygen atoms in total. The molecule has 4 unspecified atom stereocenters. The summed E-state index contributed by atoms with van der Waals surface area (Å²) in [4.78, 5) is 50.2. The highest BCUT2D eigenvalue weighted by Gasteiger charge is 2.62. The summed E-state index contributed by atoms with van der Waals surface area (Å²) in [6.07, 6.45) is 1.71. The van der Waals surface area contributed by atoms with Crippen LogP contribution in [0.4, 0.5) is 0 Å². The largest absolute Gasteiger partial charge is 0.480 e. The maximum absolute atomic E-state index is 12.5. The smallest absolute Gasteiger partial charge is 0.323 e. The third-order valence-electron chi connectivity index (χ3n) is 4.84. The summed E-state index contributed by atoms with van der Waals surface area (Å²) in [6, 6.07) is 0. The van der Waals surface area contributed by atoms with E-state index in [9.17, 15) is 19.2 Å². The van der Waals surface area contributed by atoms with Crippen LogP contribution in [0.2, 0.25) is 0 Å². The molecule has 3 heterocycles. The van der Waals surface area contributed by atoms with Crippen molar-refractivity contribution in [1.82, 2.24) is 9.80 Å². The van der Waals surface area contributed by atoms with Crippen LogP contribution in [0.25, 0.3) is 0 Å². The van der Waals surface area contributed by atoms with Gasteiger partial charge in [-0.2, -0.15) is 0 Å². The lowest BCUT2D eigenvalue weighted by Gasteiger charge is -2.23. The van der Waals surface area contributed by atoms with Gasteiger partial charge in [0, 0.05) is 6.54 Å². The monoisotopic (exact) mass is 324 g/mol. The molecular formula is C15H20N2O6. The van der Waals surface area contributed by atoms with E-state index in [1.807, 2.05) is 6.92 Å². The fourth-order valence-electron chi connectivity index (χ4n) is 3.89. The molecule has 0 saturated carbocycles. The number of imide groups is 1. The number of aliphatic carboxylic acids is 1. The summed E-state index contributed by atoms with van der Waals surface area (Å²) in [7, 11) is 0. The number of ether oxygens (including phenoxy) is 1. The number of carboxylic acids is 1. The van der Waals surface area contributed by atoms with E-state index in [1.54, 1.807) is 0 Å². The Morgan fingerprint density at radius 2 is 1.78 bits per heavy atom. The molecule has 8 heteroatoms. The number of fused-ring (bicyclic) bond motifs is 5. The molecule has 0 radical (unpaired) electrons. The fourth-order valence-corrected chi connectivity index (χ4v) is 3.89. The quantitative estimate of drug-likeness (QED) is 0.659. The van der Waals surface area contributed by atoms with Crippen molar-refractivity contribution in [1.29, 1.82) is 0 Å². The van der Waals surface area contributed by atoms with Crippen molar-refractivity contribution in [3.63, 3.8) is 0 Å². The predicted octanol–water partition coefficient (Wildman–Crippen LogP) is -0.528. The summed E-state index contributed by atoms with van der Waals surface area (Å²) < 4.78 is 5.63. The van der Waals surface area contributed by atoms with E-state index in [2.05, 4.69) is 0 Å². The van der Waals surface area contributed by atoms with Crippen LogP contribution in [0.15, 0.2) is 0 Å². The molecule has 126 valence electrons. The Labute approximate surface area is 133 Å². The van der Waals surface area contributed by atoms with E-state index in [1.165, 1.54) is 4.90 Å². The molecule has 1 N–H and O–H groups in total. The second-order valence-corrected chi connectivity index (χ2v) is 6.31. The van der Waals surface area contributed by atoms with Gasteiger partial charge in [0.1, 0.15) is 13.1 Å². The molecule has 3 aliphatic heterocycles. The van der Waals surface area contributed by atoms with Gasteiger partial charge in [0.05, 0.1) is 24.0 Å². The van der Waals surface area contributed by atoms with E-state index >= 15 is 0 Å². The van der Waals surface area contributed by atoms with Gasteiger partial charge in [-0.3, -0.25) is 24.1 Å². The normalized spacial score (nSPS) is 31.6. The highest BCUT2D eigenvalue weighted by atomic mass is 16.5. The van der Waals surface area contributed by atoms with Crippen molar-refractivity contribution in [3.8, 4) is 0 Å². The lowest BCUT2D eigenvalue weighted by molar-refractivity contribution is -0.150. The Morgan fingerprint density at radius 1 is 1.22 bits per heavy atom. The van der Waals surface area contributed by atoms with Crippen molar-refractivity contribution >= 4 is 23.7 Å². The minimum Gasteiger partial charge on any atom is -0.480 e. The lowest BCUT2D eigenvalue weighted by Crippen LogP contribution is -2.46. The van der Waals surface area contributed by atoms with Crippen LogP contribution in [0.3, 0.4) is 0 Å². The minimum absolute atomic E-state index is 0.215. The van der Waals surface area contributed by atoms with Gasteiger partial charge in [-0.05, 0) is 19.3 Å². The molecule has 3 saturated heterocycles. The number of likely N-dealkylation sites (tertiary alicyclic amines) is 1. The third kappa shape index (κ3) is 2.60. The first-order valence-corrected chi connectivity index (χ1v) is 7.94. The number of amides is 3. The Kier molecular flexibility index (Phi) is 4.09. The lowest BCUT2D eigenvalue weighted by atomic mass is 9.81. The van der Waals surface area contributed by atoms with Gasteiger partial charge in [0.2, 0.25) is 17.7 Å². The Hall–Kier alpha value is -1.96. The SMILES string of the molecule is CCCN(CC(=O)O)C(=O)CN1C(=O)C2C3CCC(O3)C2C1=O. The standard InChI is InChI=1S/C15H20N2O6/c1-2-5-16(7-11(19)20)10(18)6-17-14(21)12-8-3-4-9(23-8)13(12)15(17)22/h8-9,12-13H,2-7H2,1H3,(H,19,20). The average Bonchev–Trinajstić information content (AvgIpc) is 3.16. The number of hydrogen-bond donors (Lipinski definition) is 1. The molecular weight excluding hydrogens is 304 g/mol. The molecule has 23 heavy (non-hydrogen) atoms. The van der Waals surface area contributed by atoms with Crippen LogP contribution in [-0.2, 0) is 23.9 Å². The summed E-state index contributed by atoms with van der Waals surface area (Å²) in [6.45, 7) is 1.30. The van der Waals surface area contributed by atoms with Crippen molar-refractivity contribution in [3.05, 3.63) is 0 Å². The highest BCUT2D eigenvalue weighted by Crippen LogP contribution is 2.48. The molecule has 0 aromatic carbocycles. The molecule has 2 bridgehead atoms. The molecule has 0 aromatic heterocycles. The van der Waals surface area contributed by atoms with E-state index in [0.29, 0.717) is 6.42 Å². The second-order valence-electron chi connectivity index (χ2n) is 6.31. The zero-order chi connectivity index (χ0) is 16.7. The molecule has 3 rings (SSSR count). The molecule has 4 atom stereocenters. The summed E-state index contributed by atoms with van der Waals surface area (Å²) in [5.74, 6) is -3.26. The molecule has 0 spiro atoms. The topological polar surface area (TPSA) is 104 Å². The van der Waals surface area contributed by atoms with E-state index in [0.717, 1.165) is 17.7 Å². The zero-order valence-electron chi connectivity index (χ0n) is 12.9. The minimum atomic E-state index is -1.12. The van der Waals surface area contributed by atoms with Crippen molar-refractivity contribution in [2.75, 3.05) is 19.6 Å². The summed E-state index contributed by atoms with van der Waals surface area (Å²) in [5, 5.41) is 8.88. The van der Waals surface area contributed by atoms with E-state index in [4.69, 9.17) is 9.84 Å². The van der Waals surface area contributed by atoms with Gasteiger partial charge in [0.25, 0.3) is 0 Å². The van der Waals surface area contributed by atoms with Gasteiger partial charge in [0.15, 0.2) is 0 Å². The number of carboxylic acid groups (broad SMARTS) is 1. The first-order chi connectivity index (χ1) is 10.9. The maximum atomic E-state index is 12.5. The molecule has 0 aliphatic carbocycles. The first kappa shape index (κ1) is 15.9. The van der Waals surface area contributed by atoms with Crippen LogP contribution in [0, 0.1) is 11.8 Å². The van der Waals surface area contributed by atoms with Gasteiger partial charge >= 0.3 is 5.97 Å². The molecule has 3 amide bonds. The van der Waals surface area contributed by atoms with Crippen LogP contribution < -0.4 is 0 Å². The van der Waals surface area contributed by atoms with E-state index in [-0.39, 0.29) is 37.1 Å². The van der Waals surface area contributed by atoms with Gasteiger partial charge in [-0.1, -0.05) is 6.92 Å². The van der Waals surface area contributed by atoms with Crippen molar-refractivity contribution in [2.24, 2.45) is 11.8 Å². The van der Waals surface area contributed by atoms with Crippen LogP contribution in [-0.4, -0.2) is 70.4 Å². The zero-order valence-corrected chi connectivity index (χ0v) is 12.9. The predicted molar refractivity (Wildman–Crippen MR) is 76.1 cm³/mol. The van der Waals surface area contributed by atoms with Gasteiger partial charge < -0.3 is 14.7 Å². The second kappa shape index (κ2) is 5.92. The van der Waals surface area contributed by atoms with Gasteiger partial charge in [-0.25, -0.2) is 0 Å². The number of carbonyl (C=O) groups is 4. The number of nitrogens with zero attached hydrogens (tertiary/aromatic N) is 2. The maximum Gasteiger partial charge on any atom is 0.323 e.